The van der Waals surface area contributed by atoms with E-state index < -0.39 is 8.60 Å². The Morgan fingerprint density at radius 3 is 1.74 bits per heavy atom. The van der Waals surface area contributed by atoms with Gasteiger partial charge in [-0.25, -0.2) is 0 Å². The lowest BCUT2D eigenvalue weighted by molar-refractivity contribution is 0.369. The van der Waals surface area contributed by atoms with Gasteiger partial charge in [-0.2, -0.15) is 0 Å². The van der Waals surface area contributed by atoms with E-state index >= 15 is 0 Å². The molecule has 0 saturated heterocycles. The minimum atomic E-state index is -2.39. The van der Waals surface area contributed by atoms with Crippen LogP contribution in [0.15, 0.2) is 12.1 Å². The average Bonchev–Trinajstić information content (AvgIpc) is 2.11. The lowest BCUT2D eigenvalue weighted by Gasteiger charge is -2.28. The molecule has 1 rings (SSSR count). The van der Waals surface area contributed by atoms with Crippen LogP contribution in [0.3, 0.4) is 0 Å². The zero-order valence-electron chi connectivity index (χ0n) is 12.9. The first-order valence-corrected chi connectivity index (χ1v) is 7.61. The summed E-state index contributed by atoms with van der Waals surface area (Å²) in [5.74, 6) is 0.564. The molecular formula is C15H25O3P. The highest BCUT2D eigenvalue weighted by Gasteiger charge is 2.25. The maximum Gasteiger partial charge on any atom is 0.391 e. The molecule has 0 atom stereocenters. The second-order valence-electron chi connectivity index (χ2n) is 7.01. The van der Waals surface area contributed by atoms with Crippen LogP contribution in [0, 0.1) is 6.92 Å². The highest BCUT2D eigenvalue weighted by atomic mass is 31.2. The molecule has 1 aromatic carbocycles. The van der Waals surface area contributed by atoms with Crippen LogP contribution in [0.25, 0.3) is 0 Å². The molecule has 0 aliphatic rings. The third-order valence-corrected chi connectivity index (χ3v) is 3.48. The summed E-state index contributed by atoms with van der Waals surface area (Å²) in [7, 11) is -2.39. The molecule has 0 aliphatic heterocycles. The van der Waals surface area contributed by atoms with E-state index in [1.54, 1.807) is 0 Å². The molecule has 4 heteroatoms. The summed E-state index contributed by atoms with van der Waals surface area (Å²) in [5.41, 5.74) is 3.29. The van der Waals surface area contributed by atoms with Gasteiger partial charge in [-0.3, -0.25) is 0 Å². The average molecular weight is 284 g/mol. The quantitative estimate of drug-likeness (QED) is 0.801. The van der Waals surface area contributed by atoms with Crippen molar-refractivity contribution < 1.29 is 14.3 Å². The Morgan fingerprint density at radius 1 is 0.895 bits per heavy atom. The van der Waals surface area contributed by atoms with Crippen molar-refractivity contribution in [2.45, 2.75) is 59.3 Å². The molecule has 108 valence electrons. The molecule has 2 N–H and O–H groups in total. The molecule has 19 heavy (non-hydrogen) atoms. The molecule has 0 aromatic heterocycles. The standard InChI is InChI=1S/C15H25O3P/c1-10-8-13(18-19(16)17)12(15(5,6)7)9-11(10)14(2,3)4/h8-9,16-17H,1-7H3. The van der Waals surface area contributed by atoms with E-state index in [2.05, 4.69) is 47.6 Å². The predicted octanol–water partition coefficient (Wildman–Crippen LogP) is 4.18. The number of benzene rings is 1. The minimum absolute atomic E-state index is 0.0474. The third kappa shape index (κ3) is 4.17. The van der Waals surface area contributed by atoms with Gasteiger partial charge in [0.05, 0.1) is 0 Å². The Labute approximate surface area is 117 Å². The van der Waals surface area contributed by atoms with Crippen LogP contribution in [0.1, 0.15) is 58.2 Å². The zero-order chi connectivity index (χ0) is 15.0. The maximum atomic E-state index is 9.11. The van der Waals surface area contributed by atoms with Gasteiger partial charge in [-0.05, 0) is 34.9 Å². The number of aryl methyl sites for hydroxylation is 1. The summed E-state index contributed by atoms with van der Waals surface area (Å²) in [6.07, 6.45) is 0. The molecule has 0 saturated carbocycles. The van der Waals surface area contributed by atoms with Crippen molar-refractivity contribution in [3.05, 3.63) is 28.8 Å². The highest BCUT2D eigenvalue weighted by Crippen LogP contribution is 2.41. The molecule has 0 aliphatic carbocycles. The van der Waals surface area contributed by atoms with Crippen molar-refractivity contribution in [2.24, 2.45) is 0 Å². The third-order valence-electron chi connectivity index (χ3n) is 3.12. The van der Waals surface area contributed by atoms with Crippen LogP contribution < -0.4 is 4.52 Å². The summed E-state index contributed by atoms with van der Waals surface area (Å²) in [6, 6.07) is 4.03. The molecule has 0 radical (unpaired) electrons. The van der Waals surface area contributed by atoms with Gasteiger partial charge in [-0.1, -0.05) is 47.6 Å². The van der Waals surface area contributed by atoms with Gasteiger partial charge in [0.2, 0.25) is 0 Å². The smallest absolute Gasteiger partial charge is 0.391 e. The predicted molar refractivity (Wildman–Crippen MR) is 80.6 cm³/mol. The van der Waals surface area contributed by atoms with Crippen LogP contribution in [0.5, 0.6) is 5.75 Å². The number of hydrogen-bond acceptors (Lipinski definition) is 3. The highest BCUT2D eigenvalue weighted by molar-refractivity contribution is 7.39. The Balaban J connectivity index is 3.46. The first-order chi connectivity index (χ1) is 8.43. The maximum absolute atomic E-state index is 9.11. The monoisotopic (exact) mass is 284 g/mol. The van der Waals surface area contributed by atoms with E-state index in [0.29, 0.717) is 5.75 Å². The lowest BCUT2D eigenvalue weighted by Crippen LogP contribution is -2.18. The van der Waals surface area contributed by atoms with Crippen LogP contribution in [-0.4, -0.2) is 9.79 Å². The Morgan fingerprint density at radius 2 is 1.37 bits per heavy atom. The van der Waals surface area contributed by atoms with Gasteiger partial charge in [0.15, 0.2) is 0 Å². The van der Waals surface area contributed by atoms with Crippen molar-refractivity contribution in [3.8, 4) is 5.75 Å². The van der Waals surface area contributed by atoms with Crippen LogP contribution >= 0.6 is 8.60 Å². The van der Waals surface area contributed by atoms with E-state index in [1.165, 1.54) is 5.56 Å². The van der Waals surface area contributed by atoms with Gasteiger partial charge in [0.25, 0.3) is 0 Å². The Hall–Kier alpha value is -0.630. The van der Waals surface area contributed by atoms with Crippen LogP contribution in [0.4, 0.5) is 0 Å². The normalized spacial score (nSPS) is 12.9. The molecule has 0 unspecified atom stereocenters. The second kappa shape index (κ2) is 5.40. The Kier molecular flexibility index (Phi) is 4.66. The molecule has 0 bridgehead atoms. The van der Waals surface area contributed by atoms with Crippen molar-refractivity contribution >= 4 is 8.60 Å². The van der Waals surface area contributed by atoms with E-state index in [0.717, 1.165) is 11.1 Å². The van der Waals surface area contributed by atoms with Crippen molar-refractivity contribution in [2.75, 3.05) is 0 Å². The summed E-state index contributed by atoms with van der Waals surface area (Å²) in [6.45, 7) is 14.8. The van der Waals surface area contributed by atoms with E-state index in [-0.39, 0.29) is 10.8 Å². The topological polar surface area (TPSA) is 49.7 Å². The van der Waals surface area contributed by atoms with Crippen molar-refractivity contribution in [3.63, 3.8) is 0 Å². The Bertz CT molecular complexity index is 454. The molecule has 0 spiro atoms. The van der Waals surface area contributed by atoms with E-state index in [4.69, 9.17) is 14.3 Å². The van der Waals surface area contributed by atoms with Gasteiger partial charge in [0.1, 0.15) is 5.75 Å². The second-order valence-corrected chi connectivity index (χ2v) is 7.70. The number of hydrogen-bond donors (Lipinski definition) is 2. The summed E-state index contributed by atoms with van der Waals surface area (Å²) in [5, 5.41) is 0. The fourth-order valence-corrected chi connectivity index (χ4v) is 2.57. The summed E-state index contributed by atoms with van der Waals surface area (Å²) < 4.78 is 5.20. The molecule has 1 aromatic rings. The van der Waals surface area contributed by atoms with Gasteiger partial charge < -0.3 is 14.3 Å². The van der Waals surface area contributed by atoms with E-state index in [1.807, 2.05) is 13.0 Å². The van der Waals surface area contributed by atoms with Crippen LogP contribution in [0.2, 0.25) is 0 Å². The van der Waals surface area contributed by atoms with Crippen molar-refractivity contribution in [1.29, 1.82) is 0 Å². The molecule has 0 fully saturated rings. The van der Waals surface area contributed by atoms with Crippen LogP contribution in [-0.2, 0) is 10.8 Å². The van der Waals surface area contributed by atoms with Gasteiger partial charge >= 0.3 is 8.60 Å². The first-order valence-electron chi connectivity index (χ1n) is 6.44. The lowest BCUT2D eigenvalue weighted by atomic mass is 9.78. The van der Waals surface area contributed by atoms with E-state index in [9.17, 15) is 0 Å². The summed E-state index contributed by atoms with van der Waals surface area (Å²) in [4.78, 5) is 18.2. The van der Waals surface area contributed by atoms with Gasteiger partial charge in [0, 0.05) is 5.56 Å². The van der Waals surface area contributed by atoms with Gasteiger partial charge in [-0.15, -0.1) is 0 Å². The minimum Gasteiger partial charge on any atom is -0.427 e. The number of rotatable bonds is 2. The zero-order valence-corrected chi connectivity index (χ0v) is 13.8. The molecule has 0 heterocycles. The first kappa shape index (κ1) is 16.4. The largest absolute Gasteiger partial charge is 0.427 e. The fraction of sp³-hybridized carbons (Fsp3) is 0.600. The fourth-order valence-electron chi connectivity index (χ4n) is 2.24. The molecule has 0 amide bonds. The van der Waals surface area contributed by atoms with Crippen molar-refractivity contribution in [1.82, 2.24) is 0 Å². The molecule has 3 nitrogen and oxygen atoms in total. The SMILES string of the molecule is Cc1cc(OP(O)O)c(C(C)(C)C)cc1C(C)(C)C. The summed E-state index contributed by atoms with van der Waals surface area (Å²) >= 11 is 0. The molecular weight excluding hydrogens is 259 g/mol.